The van der Waals surface area contributed by atoms with E-state index in [4.69, 9.17) is 13.9 Å². The molecule has 4 aromatic rings. The Hall–Kier alpha value is -3.85. The first kappa shape index (κ1) is 24.3. The first-order chi connectivity index (χ1) is 16.9. The number of hydrogen-bond acceptors (Lipinski definition) is 7. The quantitative estimate of drug-likeness (QED) is 0.237. The van der Waals surface area contributed by atoms with Gasteiger partial charge in [0.15, 0.2) is 23.8 Å². The molecule has 1 amide bonds. The second-order valence-corrected chi connectivity index (χ2v) is 8.61. The van der Waals surface area contributed by atoms with Gasteiger partial charge in [-0.05, 0) is 41.5 Å². The average molecular weight is 495 g/mol. The van der Waals surface area contributed by atoms with Crippen molar-refractivity contribution in [3.8, 4) is 5.75 Å². The lowest BCUT2D eigenvalue weighted by molar-refractivity contribution is -0.133. The number of amides is 1. The van der Waals surface area contributed by atoms with Gasteiger partial charge < -0.3 is 18.8 Å². The Morgan fingerprint density at radius 2 is 1.86 bits per heavy atom. The summed E-state index contributed by atoms with van der Waals surface area (Å²) in [5.41, 5.74) is 3.15. The first-order valence-corrected chi connectivity index (χ1v) is 11.7. The molecule has 1 heterocycles. The van der Waals surface area contributed by atoms with Crippen molar-refractivity contribution in [2.75, 3.05) is 20.8 Å². The lowest BCUT2D eigenvalue weighted by Crippen LogP contribution is -2.31. The minimum absolute atomic E-state index is 0.129. The SMILES string of the molecule is COc1ccc(CN(C)C(=O)COC(=O)c2ccccc2CSc2nc3ccccc3o2)cc1F. The van der Waals surface area contributed by atoms with Crippen molar-refractivity contribution in [1.82, 2.24) is 9.88 Å². The van der Waals surface area contributed by atoms with E-state index in [1.807, 2.05) is 36.4 Å². The van der Waals surface area contributed by atoms with E-state index in [-0.39, 0.29) is 12.3 Å². The fraction of sp³-hybridized carbons (Fsp3) is 0.192. The van der Waals surface area contributed by atoms with Gasteiger partial charge in [-0.3, -0.25) is 4.79 Å². The number of benzene rings is 3. The summed E-state index contributed by atoms with van der Waals surface area (Å²) < 4.78 is 29.8. The zero-order valence-electron chi connectivity index (χ0n) is 19.2. The van der Waals surface area contributed by atoms with E-state index in [2.05, 4.69) is 4.98 Å². The fourth-order valence-corrected chi connectivity index (χ4v) is 4.23. The van der Waals surface area contributed by atoms with E-state index >= 15 is 0 Å². The highest BCUT2D eigenvalue weighted by molar-refractivity contribution is 7.98. The van der Waals surface area contributed by atoms with Crippen molar-refractivity contribution in [3.05, 3.63) is 89.2 Å². The van der Waals surface area contributed by atoms with Crippen LogP contribution in [0.2, 0.25) is 0 Å². The van der Waals surface area contributed by atoms with Crippen LogP contribution in [0.15, 0.2) is 76.4 Å². The maximum Gasteiger partial charge on any atom is 0.338 e. The van der Waals surface area contributed by atoms with Crippen LogP contribution in [0.1, 0.15) is 21.5 Å². The van der Waals surface area contributed by atoms with Gasteiger partial charge in [0, 0.05) is 19.3 Å². The monoisotopic (exact) mass is 494 g/mol. The highest BCUT2D eigenvalue weighted by Crippen LogP contribution is 2.27. The summed E-state index contributed by atoms with van der Waals surface area (Å²) >= 11 is 1.36. The van der Waals surface area contributed by atoms with Crippen LogP contribution in [-0.4, -0.2) is 42.5 Å². The number of fused-ring (bicyclic) bond motifs is 1. The highest BCUT2D eigenvalue weighted by atomic mass is 32.2. The molecule has 0 aliphatic carbocycles. The Labute approximate surface area is 205 Å². The summed E-state index contributed by atoms with van der Waals surface area (Å²) in [5.74, 6) is -0.951. The number of hydrogen-bond donors (Lipinski definition) is 0. The van der Waals surface area contributed by atoms with Gasteiger partial charge in [0.05, 0.1) is 12.7 Å². The van der Waals surface area contributed by atoms with E-state index in [0.29, 0.717) is 27.7 Å². The molecule has 7 nitrogen and oxygen atoms in total. The van der Waals surface area contributed by atoms with E-state index in [1.54, 1.807) is 25.2 Å². The number of carbonyl (C=O) groups is 2. The molecular weight excluding hydrogens is 471 g/mol. The second-order valence-electron chi connectivity index (χ2n) is 7.69. The molecule has 3 aromatic carbocycles. The van der Waals surface area contributed by atoms with Gasteiger partial charge in [-0.2, -0.15) is 0 Å². The Morgan fingerprint density at radius 3 is 2.63 bits per heavy atom. The third-order valence-corrected chi connectivity index (χ3v) is 6.13. The van der Waals surface area contributed by atoms with Gasteiger partial charge in [-0.15, -0.1) is 0 Å². The number of carbonyl (C=O) groups excluding carboxylic acids is 2. The minimum Gasteiger partial charge on any atom is -0.494 e. The molecule has 0 N–H and O–H groups in total. The lowest BCUT2D eigenvalue weighted by Gasteiger charge is -2.18. The Bertz CT molecular complexity index is 1320. The molecule has 0 bridgehead atoms. The van der Waals surface area contributed by atoms with E-state index in [9.17, 15) is 14.0 Å². The number of aromatic nitrogens is 1. The number of nitrogens with zero attached hydrogens (tertiary/aromatic N) is 2. The molecule has 0 saturated heterocycles. The predicted octanol–water partition coefficient (Wildman–Crippen LogP) is 5.08. The minimum atomic E-state index is -0.601. The van der Waals surface area contributed by atoms with Crippen molar-refractivity contribution in [2.45, 2.75) is 17.5 Å². The Kier molecular flexibility index (Phi) is 7.67. The molecule has 4 rings (SSSR count). The molecule has 0 aliphatic rings. The zero-order chi connectivity index (χ0) is 24.8. The smallest absolute Gasteiger partial charge is 0.338 e. The first-order valence-electron chi connectivity index (χ1n) is 10.7. The van der Waals surface area contributed by atoms with Gasteiger partial charge >= 0.3 is 5.97 Å². The average Bonchev–Trinajstić information content (AvgIpc) is 3.29. The third-order valence-electron chi connectivity index (χ3n) is 5.25. The number of rotatable bonds is 9. The third kappa shape index (κ3) is 5.99. The largest absolute Gasteiger partial charge is 0.494 e. The molecule has 0 unspecified atom stereocenters. The van der Waals surface area contributed by atoms with Crippen molar-refractivity contribution in [2.24, 2.45) is 0 Å². The molecule has 35 heavy (non-hydrogen) atoms. The van der Waals surface area contributed by atoms with Crippen molar-refractivity contribution in [1.29, 1.82) is 0 Å². The topological polar surface area (TPSA) is 81.9 Å². The molecular formula is C26H23FN2O5S. The molecule has 1 aromatic heterocycles. The van der Waals surface area contributed by atoms with Gasteiger partial charge in [-0.1, -0.05) is 48.2 Å². The van der Waals surface area contributed by atoms with Crippen LogP contribution in [0.25, 0.3) is 11.1 Å². The summed E-state index contributed by atoms with van der Waals surface area (Å²) in [4.78, 5) is 31.0. The number of methoxy groups -OCH3 is 1. The van der Waals surface area contributed by atoms with E-state index < -0.39 is 24.3 Å². The Balaban J connectivity index is 1.33. The number of oxazole rings is 1. The molecule has 9 heteroatoms. The van der Waals surface area contributed by atoms with Crippen LogP contribution in [0, 0.1) is 5.82 Å². The summed E-state index contributed by atoms with van der Waals surface area (Å²) in [6.07, 6.45) is 0. The second kappa shape index (κ2) is 11.1. The fourth-order valence-electron chi connectivity index (χ4n) is 3.38. The maximum absolute atomic E-state index is 13.9. The van der Waals surface area contributed by atoms with Crippen LogP contribution < -0.4 is 4.74 Å². The van der Waals surface area contributed by atoms with Gasteiger partial charge in [0.1, 0.15) is 5.52 Å². The molecule has 0 fully saturated rings. The summed E-state index contributed by atoms with van der Waals surface area (Å²) in [6, 6.07) is 19.0. The molecule has 180 valence electrons. The predicted molar refractivity (Wildman–Crippen MR) is 130 cm³/mol. The van der Waals surface area contributed by atoms with E-state index in [1.165, 1.54) is 35.9 Å². The molecule has 0 atom stereocenters. The standard InChI is InChI=1S/C26H23FN2O5S/c1-29(14-17-11-12-22(32-2)20(27)13-17)24(30)15-33-25(31)19-8-4-3-7-18(19)16-35-26-28-21-9-5-6-10-23(21)34-26/h3-13H,14-16H2,1-2H3. The van der Waals surface area contributed by atoms with Gasteiger partial charge in [0.2, 0.25) is 0 Å². The van der Waals surface area contributed by atoms with Crippen LogP contribution in [0.3, 0.4) is 0 Å². The van der Waals surface area contributed by atoms with E-state index in [0.717, 1.165) is 11.1 Å². The van der Waals surface area contributed by atoms with Crippen LogP contribution in [-0.2, 0) is 21.8 Å². The number of para-hydroxylation sites is 2. The molecule has 0 spiro atoms. The zero-order valence-corrected chi connectivity index (χ0v) is 20.0. The molecule has 0 saturated carbocycles. The maximum atomic E-state index is 13.9. The highest BCUT2D eigenvalue weighted by Gasteiger charge is 2.18. The van der Waals surface area contributed by atoms with Crippen LogP contribution in [0.4, 0.5) is 4.39 Å². The molecule has 0 aliphatic heterocycles. The van der Waals surface area contributed by atoms with Crippen LogP contribution >= 0.6 is 11.8 Å². The van der Waals surface area contributed by atoms with Crippen LogP contribution in [0.5, 0.6) is 5.75 Å². The van der Waals surface area contributed by atoms with Crippen molar-refractivity contribution < 1.29 is 27.9 Å². The summed E-state index contributed by atoms with van der Waals surface area (Å²) in [6.45, 7) is -0.268. The van der Waals surface area contributed by atoms with Gasteiger partial charge in [0.25, 0.3) is 11.1 Å². The number of likely N-dealkylation sites (N-methyl/N-ethyl adjacent to an activating group) is 1. The Morgan fingerprint density at radius 1 is 1.09 bits per heavy atom. The van der Waals surface area contributed by atoms with Crippen molar-refractivity contribution in [3.63, 3.8) is 0 Å². The number of esters is 1. The number of thioether (sulfide) groups is 1. The van der Waals surface area contributed by atoms with Crippen molar-refractivity contribution >= 4 is 34.7 Å². The summed E-state index contributed by atoms with van der Waals surface area (Å²) in [5, 5.41) is 0.501. The lowest BCUT2D eigenvalue weighted by atomic mass is 10.1. The number of ether oxygens (including phenoxy) is 2. The number of halogens is 1. The summed E-state index contributed by atoms with van der Waals surface area (Å²) in [7, 11) is 2.94. The normalized spacial score (nSPS) is 10.8. The molecule has 0 radical (unpaired) electrons. The van der Waals surface area contributed by atoms with Gasteiger partial charge in [-0.25, -0.2) is 14.2 Å².